The second-order valence-corrected chi connectivity index (χ2v) is 8.42. The smallest absolute Gasteiger partial charge is 0.191 e. The zero-order valence-electron chi connectivity index (χ0n) is 16.8. The van der Waals surface area contributed by atoms with Gasteiger partial charge in [-0.15, -0.1) is 11.3 Å². The number of morpholine rings is 1. The summed E-state index contributed by atoms with van der Waals surface area (Å²) in [6.45, 7) is 10.8. The molecule has 0 aliphatic carbocycles. The van der Waals surface area contributed by atoms with E-state index in [1.807, 2.05) is 11.3 Å². The summed E-state index contributed by atoms with van der Waals surface area (Å²) in [5.74, 6) is 1.53. The number of hydrogen-bond donors (Lipinski definition) is 2. The topological polar surface area (TPSA) is 52.1 Å². The molecule has 7 heteroatoms. The normalized spacial score (nSPS) is 25.5. The van der Waals surface area contributed by atoms with Gasteiger partial charge in [0.1, 0.15) is 0 Å². The van der Waals surface area contributed by atoms with Gasteiger partial charge in [0.05, 0.1) is 13.2 Å². The molecular weight excluding hydrogens is 358 g/mol. The first-order valence-corrected chi connectivity index (χ1v) is 11.2. The van der Waals surface area contributed by atoms with Gasteiger partial charge >= 0.3 is 0 Å². The van der Waals surface area contributed by atoms with Gasteiger partial charge in [-0.1, -0.05) is 6.07 Å². The van der Waals surface area contributed by atoms with Gasteiger partial charge in [-0.3, -0.25) is 14.8 Å². The number of ether oxygens (including phenoxy) is 1. The second-order valence-electron chi connectivity index (χ2n) is 7.44. The number of piperidine rings is 1. The van der Waals surface area contributed by atoms with Crippen LogP contribution < -0.4 is 10.6 Å². The summed E-state index contributed by atoms with van der Waals surface area (Å²) in [7, 11) is 2.26. The molecule has 0 saturated carbocycles. The van der Waals surface area contributed by atoms with Crippen molar-refractivity contribution in [2.24, 2.45) is 10.9 Å². The van der Waals surface area contributed by atoms with E-state index in [-0.39, 0.29) is 0 Å². The van der Waals surface area contributed by atoms with E-state index in [0.717, 1.165) is 58.4 Å². The average molecular weight is 394 g/mol. The SMILES string of the molecule is CCNC(=NCC1CCCN(C)C1c1cccs1)NCCN1CCOCC1. The standard InChI is InChI=1S/C20H35N5OS/c1-3-21-20(22-8-10-25-11-13-26-14-12-25)23-16-17-6-4-9-24(2)19(17)18-7-5-15-27-18/h5,7,15,17,19H,3-4,6,8-14,16H2,1-2H3,(H2,21,22,23). The molecule has 6 nitrogen and oxygen atoms in total. The summed E-state index contributed by atoms with van der Waals surface area (Å²) in [5, 5.41) is 9.11. The molecule has 2 fully saturated rings. The van der Waals surface area contributed by atoms with Crippen LogP contribution in [0.25, 0.3) is 0 Å². The van der Waals surface area contributed by atoms with Crippen LogP contribution in [0.15, 0.2) is 22.5 Å². The molecule has 2 saturated heterocycles. The van der Waals surface area contributed by atoms with Crippen molar-refractivity contribution in [3.05, 3.63) is 22.4 Å². The maximum absolute atomic E-state index is 5.42. The van der Waals surface area contributed by atoms with Crippen LogP contribution in [0.2, 0.25) is 0 Å². The van der Waals surface area contributed by atoms with Crippen molar-refractivity contribution in [1.82, 2.24) is 20.4 Å². The molecule has 1 aromatic heterocycles. The quantitative estimate of drug-likeness (QED) is 0.548. The number of rotatable bonds is 7. The molecule has 27 heavy (non-hydrogen) atoms. The highest BCUT2D eigenvalue weighted by Gasteiger charge is 2.31. The van der Waals surface area contributed by atoms with E-state index in [4.69, 9.17) is 9.73 Å². The molecule has 2 aliphatic heterocycles. The fourth-order valence-electron chi connectivity index (χ4n) is 4.07. The molecule has 2 unspecified atom stereocenters. The molecule has 2 atom stereocenters. The second kappa shape index (κ2) is 11.0. The lowest BCUT2D eigenvalue weighted by molar-refractivity contribution is 0.0389. The summed E-state index contributed by atoms with van der Waals surface area (Å²) in [6, 6.07) is 4.94. The lowest BCUT2D eigenvalue weighted by atomic mass is 9.88. The third-order valence-electron chi connectivity index (χ3n) is 5.49. The number of thiophene rings is 1. The minimum Gasteiger partial charge on any atom is -0.379 e. The molecule has 0 radical (unpaired) electrons. The maximum atomic E-state index is 5.42. The molecule has 1 aromatic rings. The summed E-state index contributed by atoms with van der Waals surface area (Å²) in [4.78, 5) is 11.4. The number of likely N-dealkylation sites (tertiary alicyclic amines) is 1. The Hall–Kier alpha value is -1.15. The Morgan fingerprint density at radius 2 is 2.15 bits per heavy atom. The van der Waals surface area contributed by atoms with Crippen molar-refractivity contribution in [3.63, 3.8) is 0 Å². The van der Waals surface area contributed by atoms with Crippen molar-refractivity contribution >= 4 is 17.3 Å². The van der Waals surface area contributed by atoms with Gasteiger partial charge in [0.2, 0.25) is 0 Å². The van der Waals surface area contributed by atoms with Crippen molar-refractivity contribution < 1.29 is 4.74 Å². The Labute approximate surface area is 168 Å². The Morgan fingerprint density at radius 3 is 2.89 bits per heavy atom. The van der Waals surface area contributed by atoms with Crippen LogP contribution in [-0.2, 0) is 4.74 Å². The highest BCUT2D eigenvalue weighted by atomic mass is 32.1. The molecule has 3 heterocycles. The number of guanidine groups is 1. The first-order valence-electron chi connectivity index (χ1n) is 10.3. The van der Waals surface area contributed by atoms with E-state index in [2.05, 4.69) is 51.9 Å². The first kappa shape index (κ1) is 20.6. The maximum Gasteiger partial charge on any atom is 0.191 e. The number of nitrogens with zero attached hydrogens (tertiary/aromatic N) is 3. The van der Waals surface area contributed by atoms with Gasteiger partial charge in [-0.25, -0.2) is 0 Å². The van der Waals surface area contributed by atoms with Crippen molar-refractivity contribution in [2.75, 3.05) is 66.1 Å². The number of nitrogens with one attached hydrogen (secondary N) is 2. The van der Waals surface area contributed by atoms with Gasteiger partial charge < -0.3 is 15.4 Å². The Kier molecular flexibility index (Phi) is 8.38. The zero-order valence-corrected chi connectivity index (χ0v) is 17.6. The van der Waals surface area contributed by atoms with Gasteiger partial charge in [0, 0.05) is 50.2 Å². The predicted octanol–water partition coefficient (Wildman–Crippen LogP) is 2.02. The first-order chi connectivity index (χ1) is 13.3. The Morgan fingerprint density at radius 1 is 1.30 bits per heavy atom. The monoisotopic (exact) mass is 393 g/mol. The molecule has 2 N–H and O–H groups in total. The van der Waals surface area contributed by atoms with Gasteiger partial charge in [0.15, 0.2) is 5.96 Å². The van der Waals surface area contributed by atoms with E-state index >= 15 is 0 Å². The van der Waals surface area contributed by atoms with Crippen LogP contribution >= 0.6 is 11.3 Å². The summed E-state index contributed by atoms with van der Waals surface area (Å²) in [6.07, 6.45) is 2.52. The highest BCUT2D eigenvalue weighted by Crippen LogP contribution is 2.37. The Balaban J connectivity index is 1.54. The highest BCUT2D eigenvalue weighted by molar-refractivity contribution is 7.10. The fourth-order valence-corrected chi connectivity index (χ4v) is 5.05. The van der Waals surface area contributed by atoms with Crippen molar-refractivity contribution in [2.45, 2.75) is 25.8 Å². The molecule has 0 spiro atoms. The van der Waals surface area contributed by atoms with Crippen molar-refractivity contribution in [3.8, 4) is 0 Å². The van der Waals surface area contributed by atoms with E-state index in [1.165, 1.54) is 24.3 Å². The van der Waals surface area contributed by atoms with Crippen LogP contribution in [-0.4, -0.2) is 81.8 Å². The third kappa shape index (κ3) is 6.17. The fraction of sp³-hybridized carbons (Fsp3) is 0.750. The molecule has 3 rings (SSSR count). The molecule has 2 aliphatic rings. The molecule has 152 valence electrons. The van der Waals surface area contributed by atoms with E-state index in [1.54, 1.807) is 0 Å². The number of aliphatic imine (C=N–C) groups is 1. The van der Waals surface area contributed by atoms with E-state index in [0.29, 0.717) is 12.0 Å². The predicted molar refractivity (Wildman–Crippen MR) is 114 cm³/mol. The van der Waals surface area contributed by atoms with E-state index in [9.17, 15) is 0 Å². The summed E-state index contributed by atoms with van der Waals surface area (Å²) in [5.41, 5.74) is 0. The minimum atomic E-state index is 0.499. The lowest BCUT2D eigenvalue weighted by Gasteiger charge is -2.38. The Bertz CT molecular complexity index is 559. The third-order valence-corrected chi connectivity index (χ3v) is 6.44. The lowest BCUT2D eigenvalue weighted by Crippen LogP contribution is -2.45. The zero-order chi connectivity index (χ0) is 18.9. The molecule has 0 aromatic carbocycles. The van der Waals surface area contributed by atoms with Crippen LogP contribution in [0, 0.1) is 5.92 Å². The minimum absolute atomic E-state index is 0.499. The van der Waals surface area contributed by atoms with Crippen molar-refractivity contribution in [1.29, 1.82) is 0 Å². The summed E-state index contributed by atoms with van der Waals surface area (Å²) >= 11 is 1.87. The number of hydrogen-bond acceptors (Lipinski definition) is 5. The van der Waals surface area contributed by atoms with Gasteiger partial charge in [-0.2, -0.15) is 0 Å². The van der Waals surface area contributed by atoms with Gasteiger partial charge in [-0.05, 0) is 50.7 Å². The molecular formula is C20H35N5OS. The average Bonchev–Trinajstić information content (AvgIpc) is 3.21. The van der Waals surface area contributed by atoms with Crippen LogP contribution in [0.5, 0.6) is 0 Å². The summed E-state index contributed by atoms with van der Waals surface area (Å²) < 4.78 is 5.42. The largest absolute Gasteiger partial charge is 0.379 e. The van der Waals surface area contributed by atoms with Crippen LogP contribution in [0.1, 0.15) is 30.7 Å². The van der Waals surface area contributed by atoms with Gasteiger partial charge in [0.25, 0.3) is 0 Å². The van der Waals surface area contributed by atoms with Crippen LogP contribution in [0.4, 0.5) is 0 Å². The van der Waals surface area contributed by atoms with E-state index < -0.39 is 0 Å². The molecule has 0 amide bonds. The van der Waals surface area contributed by atoms with Crippen LogP contribution in [0.3, 0.4) is 0 Å². The molecule has 0 bridgehead atoms.